The van der Waals surface area contributed by atoms with Crippen LogP contribution in [0.5, 0.6) is 0 Å². The van der Waals surface area contributed by atoms with Crippen LogP contribution in [0, 0.1) is 0 Å². The molecule has 20 heavy (non-hydrogen) atoms. The molecule has 110 valence electrons. The van der Waals surface area contributed by atoms with E-state index in [1.165, 1.54) is 0 Å². The number of nitrogens with zero attached hydrogens (tertiary/aromatic N) is 5. The van der Waals surface area contributed by atoms with Gasteiger partial charge in [0, 0.05) is 17.3 Å². The van der Waals surface area contributed by atoms with Gasteiger partial charge in [0.25, 0.3) is 0 Å². The molecular formula is C12H20N6S2. The van der Waals surface area contributed by atoms with E-state index in [1.54, 1.807) is 23.1 Å². The summed E-state index contributed by atoms with van der Waals surface area (Å²) in [6, 6.07) is 0. The van der Waals surface area contributed by atoms with Crippen LogP contribution >= 0.6 is 23.1 Å². The Bertz CT molecular complexity index is 542. The molecule has 0 spiro atoms. The van der Waals surface area contributed by atoms with Crippen molar-refractivity contribution in [2.24, 2.45) is 0 Å². The van der Waals surface area contributed by atoms with Gasteiger partial charge in [0.1, 0.15) is 5.01 Å². The van der Waals surface area contributed by atoms with Gasteiger partial charge in [-0.25, -0.2) is 9.67 Å². The zero-order valence-electron chi connectivity index (χ0n) is 12.3. The summed E-state index contributed by atoms with van der Waals surface area (Å²) in [7, 11) is 1.92. The standard InChI is InChI=1S/C12H20N6S2/c1-12(2,3)9-7-19-10(14-9)8-20-11-15-16-17-18(11)6-5-13-4/h7,13H,5-6,8H2,1-4H3. The van der Waals surface area contributed by atoms with Gasteiger partial charge in [-0.05, 0) is 17.5 Å². The molecule has 0 aliphatic rings. The second kappa shape index (κ2) is 6.64. The lowest BCUT2D eigenvalue weighted by Gasteiger charge is -2.14. The Labute approximate surface area is 127 Å². The van der Waals surface area contributed by atoms with E-state index in [1.807, 2.05) is 11.7 Å². The van der Waals surface area contributed by atoms with E-state index in [-0.39, 0.29) is 5.41 Å². The summed E-state index contributed by atoms with van der Waals surface area (Å²) in [6.07, 6.45) is 0. The van der Waals surface area contributed by atoms with Crippen LogP contribution in [0.3, 0.4) is 0 Å². The number of hydrogen-bond donors (Lipinski definition) is 1. The lowest BCUT2D eigenvalue weighted by atomic mass is 9.93. The minimum absolute atomic E-state index is 0.105. The minimum atomic E-state index is 0.105. The number of aromatic nitrogens is 5. The molecule has 0 aliphatic carbocycles. The molecule has 0 aromatic carbocycles. The largest absolute Gasteiger partial charge is 0.318 e. The maximum atomic E-state index is 4.68. The van der Waals surface area contributed by atoms with Gasteiger partial charge < -0.3 is 5.32 Å². The van der Waals surface area contributed by atoms with Crippen LogP contribution in [-0.4, -0.2) is 38.8 Å². The van der Waals surface area contributed by atoms with E-state index >= 15 is 0 Å². The zero-order valence-corrected chi connectivity index (χ0v) is 13.9. The van der Waals surface area contributed by atoms with Crippen molar-refractivity contribution >= 4 is 23.1 Å². The highest BCUT2D eigenvalue weighted by Gasteiger charge is 2.17. The molecule has 0 radical (unpaired) electrons. The van der Waals surface area contributed by atoms with Gasteiger partial charge in [-0.15, -0.1) is 16.4 Å². The van der Waals surface area contributed by atoms with Crippen LogP contribution in [-0.2, 0) is 17.7 Å². The first kappa shape index (κ1) is 15.4. The maximum Gasteiger partial charge on any atom is 0.209 e. The third kappa shape index (κ3) is 4.00. The number of tetrazole rings is 1. The normalized spacial score (nSPS) is 12.0. The van der Waals surface area contributed by atoms with Crippen molar-refractivity contribution in [3.8, 4) is 0 Å². The van der Waals surface area contributed by atoms with E-state index in [0.29, 0.717) is 0 Å². The Balaban J connectivity index is 1.95. The van der Waals surface area contributed by atoms with Crippen LogP contribution in [0.25, 0.3) is 0 Å². The summed E-state index contributed by atoms with van der Waals surface area (Å²) in [5.41, 5.74) is 1.25. The second-order valence-corrected chi connectivity index (χ2v) is 7.34. The highest BCUT2D eigenvalue weighted by atomic mass is 32.2. The lowest BCUT2D eigenvalue weighted by molar-refractivity contribution is 0.530. The molecule has 0 bridgehead atoms. The third-order valence-corrected chi connectivity index (χ3v) is 4.72. The first-order valence-corrected chi connectivity index (χ1v) is 8.35. The molecule has 0 fully saturated rings. The summed E-state index contributed by atoms with van der Waals surface area (Å²) in [5, 5.41) is 19.0. The van der Waals surface area contributed by atoms with Crippen molar-refractivity contribution in [2.75, 3.05) is 13.6 Å². The highest BCUT2D eigenvalue weighted by Crippen LogP contribution is 2.27. The predicted molar refractivity (Wildman–Crippen MR) is 82.1 cm³/mol. The maximum absolute atomic E-state index is 4.68. The monoisotopic (exact) mass is 312 g/mol. The van der Waals surface area contributed by atoms with E-state index in [4.69, 9.17) is 0 Å². The third-order valence-electron chi connectivity index (χ3n) is 2.72. The van der Waals surface area contributed by atoms with Crippen molar-refractivity contribution in [1.29, 1.82) is 0 Å². The summed E-state index contributed by atoms with van der Waals surface area (Å²) in [5.74, 6) is 0.806. The molecule has 1 N–H and O–H groups in total. The molecule has 0 atom stereocenters. The van der Waals surface area contributed by atoms with Gasteiger partial charge >= 0.3 is 0 Å². The number of hydrogen-bond acceptors (Lipinski definition) is 7. The molecule has 6 nitrogen and oxygen atoms in total. The first-order chi connectivity index (χ1) is 9.50. The van der Waals surface area contributed by atoms with Crippen molar-refractivity contribution < 1.29 is 0 Å². The molecule has 2 aromatic rings. The molecule has 2 rings (SSSR count). The van der Waals surface area contributed by atoms with E-state index in [9.17, 15) is 0 Å². The fourth-order valence-corrected chi connectivity index (χ4v) is 3.45. The number of thiazole rings is 1. The first-order valence-electron chi connectivity index (χ1n) is 6.49. The number of thioether (sulfide) groups is 1. The van der Waals surface area contributed by atoms with Crippen LogP contribution < -0.4 is 5.32 Å². The fourth-order valence-electron chi connectivity index (χ4n) is 1.51. The van der Waals surface area contributed by atoms with Crippen molar-refractivity contribution in [2.45, 2.75) is 43.6 Å². The molecule has 0 unspecified atom stereocenters. The Kier molecular flexibility index (Phi) is 5.11. The van der Waals surface area contributed by atoms with Crippen molar-refractivity contribution in [1.82, 2.24) is 30.5 Å². The van der Waals surface area contributed by atoms with Gasteiger partial charge in [-0.1, -0.05) is 32.5 Å². The Morgan fingerprint density at radius 3 is 2.85 bits per heavy atom. The lowest BCUT2D eigenvalue weighted by Crippen LogP contribution is -2.16. The Hall–Kier alpha value is -0.990. The van der Waals surface area contributed by atoms with E-state index in [2.05, 4.69) is 52.0 Å². The van der Waals surface area contributed by atoms with Crippen molar-refractivity contribution in [3.05, 3.63) is 16.1 Å². The number of rotatable bonds is 6. The molecule has 0 aliphatic heterocycles. The number of nitrogens with one attached hydrogen (secondary N) is 1. The smallest absolute Gasteiger partial charge is 0.209 e. The average Bonchev–Trinajstić information content (AvgIpc) is 3.02. The molecule has 0 saturated carbocycles. The average molecular weight is 312 g/mol. The summed E-state index contributed by atoms with van der Waals surface area (Å²) >= 11 is 3.33. The second-order valence-electron chi connectivity index (χ2n) is 5.45. The fraction of sp³-hybridized carbons (Fsp3) is 0.667. The van der Waals surface area contributed by atoms with Crippen LogP contribution in [0.15, 0.2) is 10.5 Å². The molecule has 8 heteroatoms. The molecule has 2 aromatic heterocycles. The highest BCUT2D eigenvalue weighted by molar-refractivity contribution is 7.98. The van der Waals surface area contributed by atoms with Crippen LogP contribution in [0.2, 0.25) is 0 Å². The Morgan fingerprint density at radius 2 is 2.20 bits per heavy atom. The van der Waals surface area contributed by atoms with Gasteiger partial charge in [-0.3, -0.25) is 0 Å². The summed E-state index contributed by atoms with van der Waals surface area (Å²) in [6.45, 7) is 8.16. The number of likely N-dealkylation sites (N-methyl/N-ethyl adjacent to an activating group) is 1. The Morgan fingerprint density at radius 1 is 1.40 bits per heavy atom. The topological polar surface area (TPSA) is 68.5 Å². The van der Waals surface area contributed by atoms with Crippen LogP contribution in [0.4, 0.5) is 0 Å². The predicted octanol–water partition coefficient (Wildman–Crippen LogP) is 1.94. The molecule has 0 saturated heterocycles. The molecule has 0 amide bonds. The van der Waals surface area contributed by atoms with Gasteiger partial charge in [0.05, 0.1) is 18.0 Å². The van der Waals surface area contributed by atoms with E-state index in [0.717, 1.165) is 34.7 Å². The minimum Gasteiger partial charge on any atom is -0.318 e. The summed E-state index contributed by atoms with van der Waals surface area (Å²) < 4.78 is 1.82. The zero-order chi connectivity index (χ0) is 14.6. The van der Waals surface area contributed by atoms with Gasteiger partial charge in [0.15, 0.2) is 0 Å². The molecule has 2 heterocycles. The quantitative estimate of drug-likeness (QED) is 0.822. The van der Waals surface area contributed by atoms with E-state index < -0.39 is 0 Å². The summed E-state index contributed by atoms with van der Waals surface area (Å²) in [4.78, 5) is 4.68. The van der Waals surface area contributed by atoms with Gasteiger partial charge in [0.2, 0.25) is 5.16 Å². The van der Waals surface area contributed by atoms with Crippen molar-refractivity contribution in [3.63, 3.8) is 0 Å². The SMILES string of the molecule is CNCCn1nnnc1SCc1nc(C(C)(C)C)cs1. The van der Waals surface area contributed by atoms with Gasteiger partial charge in [-0.2, -0.15) is 0 Å². The molecular weight excluding hydrogens is 292 g/mol. The van der Waals surface area contributed by atoms with Crippen LogP contribution in [0.1, 0.15) is 31.5 Å².